The number of anilines is 1. The van der Waals surface area contributed by atoms with Crippen LogP contribution in [-0.2, 0) is 4.79 Å². The molecule has 2 N–H and O–H groups in total. The van der Waals surface area contributed by atoms with Crippen molar-refractivity contribution >= 4 is 27.7 Å². The van der Waals surface area contributed by atoms with Crippen molar-refractivity contribution in [2.45, 2.75) is 12.5 Å². The van der Waals surface area contributed by atoms with Crippen molar-refractivity contribution in [2.24, 2.45) is 0 Å². The van der Waals surface area contributed by atoms with Gasteiger partial charge in [-0.1, -0.05) is 0 Å². The summed E-state index contributed by atoms with van der Waals surface area (Å²) < 4.78 is 0.906. The van der Waals surface area contributed by atoms with Gasteiger partial charge < -0.3 is 10.6 Å². The van der Waals surface area contributed by atoms with E-state index in [0.717, 1.165) is 43.7 Å². The number of rotatable bonds is 4. The van der Waals surface area contributed by atoms with Gasteiger partial charge in [-0.05, 0) is 41.0 Å². The minimum atomic E-state index is 0.00538. The molecule has 1 unspecified atom stereocenters. The summed E-state index contributed by atoms with van der Waals surface area (Å²) in [7, 11) is 0. The maximum Gasteiger partial charge on any atom is 0.239 e. The molecule has 1 aromatic rings. The number of hydrogen-bond donors (Lipinski definition) is 2. The second-order valence-corrected chi connectivity index (χ2v) is 6.78. The van der Waals surface area contributed by atoms with E-state index in [1.807, 2.05) is 6.07 Å². The largest absolute Gasteiger partial charge is 0.315 e. The molecule has 0 bridgehead atoms. The molecule has 0 aliphatic carbocycles. The number of pyridine rings is 1. The summed E-state index contributed by atoms with van der Waals surface area (Å²) in [6.07, 6.45) is 2.93. The topological polar surface area (TPSA) is 60.5 Å². The molecule has 3 heterocycles. The zero-order chi connectivity index (χ0) is 15.4. The molecule has 7 heteroatoms. The second kappa shape index (κ2) is 7.50. The van der Waals surface area contributed by atoms with Gasteiger partial charge >= 0.3 is 0 Å². The van der Waals surface area contributed by atoms with E-state index in [4.69, 9.17) is 0 Å². The van der Waals surface area contributed by atoms with Gasteiger partial charge in [0.25, 0.3) is 0 Å². The van der Waals surface area contributed by atoms with E-state index in [0.29, 0.717) is 18.4 Å². The van der Waals surface area contributed by atoms with Crippen molar-refractivity contribution in [1.82, 2.24) is 20.1 Å². The molecule has 0 saturated carbocycles. The highest BCUT2D eigenvalue weighted by Crippen LogP contribution is 2.13. The van der Waals surface area contributed by atoms with Gasteiger partial charge in [0.15, 0.2) is 0 Å². The lowest BCUT2D eigenvalue weighted by Crippen LogP contribution is -2.52. The molecule has 2 fully saturated rings. The molecule has 1 amide bonds. The number of carbonyl (C=O) groups is 1. The number of aromatic nitrogens is 1. The van der Waals surface area contributed by atoms with Crippen LogP contribution in [0, 0.1) is 0 Å². The van der Waals surface area contributed by atoms with E-state index < -0.39 is 0 Å². The lowest BCUT2D eigenvalue weighted by Gasteiger charge is -2.37. The Morgan fingerprint density at radius 2 is 2.18 bits per heavy atom. The minimum absolute atomic E-state index is 0.00538. The van der Waals surface area contributed by atoms with Gasteiger partial charge in [0.05, 0.1) is 6.54 Å². The van der Waals surface area contributed by atoms with Crippen LogP contribution in [0.2, 0.25) is 0 Å². The molecule has 3 rings (SSSR count). The third kappa shape index (κ3) is 4.25. The Hall–Kier alpha value is -1.02. The average Bonchev–Trinajstić information content (AvgIpc) is 3.05. The highest BCUT2D eigenvalue weighted by Gasteiger charge is 2.26. The van der Waals surface area contributed by atoms with E-state index >= 15 is 0 Å². The number of carbonyl (C=O) groups excluding carboxylic acids is 1. The van der Waals surface area contributed by atoms with Crippen molar-refractivity contribution in [2.75, 3.05) is 51.1 Å². The Kier molecular flexibility index (Phi) is 5.41. The first-order chi connectivity index (χ1) is 10.7. The Bertz CT molecular complexity index is 495. The van der Waals surface area contributed by atoms with Crippen molar-refractivity contribution < 1.29 is 4.79 Å². The summed E-state index contributed by atoms with van der Waals surface area (Å²) in [5, 5.41) is 6.26. The van der Waals surface area contributed by atoms with Gasteiger partial charge in [0, 0.05) is 49.4 Å². The smallest absolute Gasteiger partial charge is 0.239 e. The van der Waals surface area contributed by atoms with Crippen LogP contribution in [0.15, 0.2) is 22.8 Å². The SMILES string of the molecule is O=C(CN1CCN(C2CCNC2)CC1)Nc1ccc(Br)cn1. The van der Waals surface area contributed by atoms with Gasteiger partial charge in [-0.2, -0.15) is 0 Å². The first-order valence-electron chi connectivity index (χ1n) is 7.79. The van der Waals surface area contributed by atoms with Gasteiger partial charge in [-0.3, -0.25) is 14.6 Å². The van der Waals surface area contributed by atoms with Crippen LogP contribution in [0.4, 0.5) is 5.82 Å². The van der Waals surface area contributed by atoms with Crippen LogP contribution in [0.5, 0.6) is 0 Å². The first-order valence-corrected chi connectivity index (χ1v) is 8.58. The fraction of sp³-hybridized carbons (Fsp3) is 0.600. The number of hydrogen-bond acceptors (Lipinski definition) is 5. The van der Waals surface area contributed by atoms with Crippen LogP contribution < -0.4 is 10.6 Å². The van der Waals surface area contributed by atoms with Crippen molar-refractivity contribution in [1.29, 1.82) is 0 Å². The molecular weight excluding hydrogens is 346 g/mol. The average molecular weight is 368 g/mol. The minimum Gasteiger partial charge on any atom is -0.315 e. The molecular formula is C15H22BrN5O. The van der Waals surface area contributed by atoms with Crippen LogP contribution in [0.3, 0.4) is 0 Å². The lowest BCUT2D eigenvalue weighted by molar-refractivity contribution is -0.117. The summed E-state index contributed by atoms with van der Waals surface area (Å²) in [4.78, 5) is 21.0. The lowest BCUT2D eigenvalue weighted by atomic mass is 10.2. The molecule has 0 aromatic carbocycles. The van der Waals surface area contributed by atoms with E-state index in [-0.39, 0.29) is 5.91 Å². The fourth-order valence-corrected chi connectivity index (χ4v) is 3.31. The standard InChI is InChI=1S/C15H22BrN5O/c16-12-1-2-14(18-9-12)19-15(22)11-20-5-7-21(8-6-20)13-3-4-17-10-13/h1-2,9,13,17H,3-8,10-11H2,(H,18,19,22). The van der Waals surface area contributed by atoms with E-state index in [1.165, 1.54) is 6.42 Å². The Balaban J connectivity index is 1.42. The first kappa shape index (κ1) is 15.9. The molecule has 0 spiro atoms. The fourth-order valence-electron chi connectivity index (χ4n) is 3.07. The summed E-state index contributed by atoms with van der Waals surface area (Å²) in [6.45, 7) is 6.69. The third-order valence-electron chi connectivity index (χ3n) is 4.32. The Morgan fingerprint density at radius 1 is 1.36 bits per heavy atom. The van der Waals surface area contributed by atoms with E-state index in [1.54, 1.807) is 12.3 Å². The van der Waals surface area contributed by atoms with Gasteiger partial charge in [0.2, 0.25) is 5.91 Å². The van der Waals surface area contributed by atoms with Gasteiger partial charge in [-0.25, -0.2) is 4.98 Å². The molecule has 6 nitrogen and oxygen atoms in total. The third-order valence-corrected chi connectivity index (χ3v) is 4.79. The number of amides is 1. The normalized spacial score (nSPS) is 23.6. The summed E-state index contributed by atoms with van der Waals surface area (Å²) in [5.41, 5.74) is 0. The van der Waals surface area contributed by atoms with Crippen LogP contribution >= 0.6 is 15.9 Å². The second-order valence-electron chi connectivity index (χ2n) is 5.87. The van der Waals surface area contributed by atoms with Gasteiger partial charge in [0.1, 0.15) is 5.82 Å². The van der Waals surface area contributed by atoms with Crippen molar-refractivity contribution in [3.8, 4) is 0 Å². The number of nitrogens with one attached hydrogen (secondary N) is 2. The summed E-state index contributed by atoms with van der Waals surface area (Å²) >= 11 is 3.33. The zero-order valence-corrected chi connectivity index (χ0v) is 14.2. The number of halogens is 1. The van der Waals surface area contributed by atoms with Crippen molar-refractivity contribution in [3.63, 3.8) is 0 Å². The maximum absolute atomic E-state index is 12.1. The van der Waals surface area contributed by atoms with Crippen LogP contribution in [0.1, 0.15) is 6.42 Å². The predicted molar refractivity (Wildman–Crippen MR) is 89.9 cm³/mol. The Morgan fingerprint density at radius 3 is 2.82 bits per heavy atom. The maximum atomic E-state index is 12.1. The molecule has 1 aromatic heterocycles. The zero-order valence-electron chi connectivity index (χ0n) is 12.6. The van der Waals surface area contributed by atoms with Gasteiger partial charge in [-0.15, -0.1) is 0 Å². The molecule has 2 aliphatic rings. The predicted octanol–water partition coefficient (Wildman–Crippen LogP) is 0.762. The molecule has 1 atom stereocenters. The van der Waals surface area contributed by atoms with Crippen molar-refractivity contribution in [3.05, 3.63) is 22.8 Å². The van der Waals surface area contributed by atoms with Crippen LogP contribution in [0.25, 0.3) is 0 Å². The number of piperazine rings is 1. The molecule has 22 heavy (non-hydrogen) atoms. The quantitative estimate of drug-likeness (QED) is 0.822. The summed E-state index contributed by atoms with van der Waals surface area (Å²) in [5.74, 6) is 0.606. The highest BCUT2D eigenvalue weighted by atomic mass is 79.9. The Labute approximate surface area is 139 Å². The highest BCUT2D eigenvalue weighted by molar-refractivity contribution is 9.10. The monoisotopic (exact) mass is 367 g/mol. The van der Waals surface area contributed by atoms with E-state index in [9.17, 15) is 4.79 Å². The molecule has 120 valence electrons. The molecule has 2 saturated heterocycles. The summed E-state index contributed by atoms with van der Waals surface area (Å²) in [6, 6.07) is 4.35. The van der Waals surface area contributed by atoms with E-state index in [2.05, 4.69) is 41.3 Å². The van der Waals surface area contributed by atoms with Crippen LogP contribution in [-0.4, -0.2) is 72.5 Å². The number of nitrogens with zero attached hydrogens (tertiary/aromatic N) is 3. The molecule has 2 aliphatic heterocycles. The molecule has 0 radical (unpaired) electrons.